The third kappa shape index (κ3) is 4.40. The molecule has 1 N–H and O–H groups in total. The molecule has 0 aliphatic heterocycles. The zero-order valence-corrected chi connectivity index (χ0v) is 12.2. The van der Waals surface area contributed by atoms with E-state index in [4.69, 9.17) is 0 Å². The van der Waals surface area contributed by atoms with Crippen molar-refractivity contribution in [2.45, 2.75) is 39.7 Å². The normalized spacial score (nSPS) is 15.0. The summed E-state index contributed by atoms with van der Waals surface area (Å²) in [6, 6.07) is 4.94. The van der Waals surface area contributed by atoms with Crippen LogP contribution in [0.1, 0.15) is 32.8 Å². The Morgan fingerprint density at radius 2 is 1.94 bits per heavy atom. The number of hydrogen-bond acceptors (Lipinski definition) is 1. The average molecular weight is 303 g/mol. The Bertz CT molecular complexity index is 365. The zero-order chi connectivity index (χ0) is 13.0. The summed E-state index contributed by atoms with van der Waals surface area (Å²) in [6.07, 6.45) is 1.05. The lowest BCUT2D eigenvalue weighted by Crippen LogP contribution is -2.22. The van der Waals surface area contributed by atoms with E-state index in [-0.39, 0.29) is 11.7 Å². The molecule has 17 heavy (non-hydrogen) atoms. The van der Waals surface area contributed by atoms with Gasteiger partial charge in [0.15, 0.2) is 0 Å². The molecule has 0 amide bonds. The van der Waals surface area contributed by atoms with Gasteiger partial charge in [0, 0.05) is 0 Å². The molecule has 96 valence electrons. The molecule has 0 aliphatic rings. The first-order valence-electron chi connectivity index (χ1n) is 6.02. The van der Waals surface area contributed by atoms with Gasteiger partial charge in [-0.2, -0.15) is 0 Å². The van der Waals surface area contributed by atoms with Gasteiger partial charge >= 0.3 is 0 Å². The second-order valence-electron chi connectivity index (χ2n) is 5.09. The third-order valence-electron chi connectivity index (χ3n) is 2.96. The Morgan fingerprint density at radius 1 is 1.29 bits per heavy atom. The zero-order valence-electron chi connectivity index (χ0n) is 10.6. The first-order chi connectivity index (χ1) is 7.91. The molecule has 0 bridgehead atoms. The summed E-state index contributed by atoms with van der Waals surface area (Å²) >= 11 is 3.22. The largest absolute Gasteiger partial charge is 0.393 e. The standard InChI is InChI=1S/C14H20BrFO/c1-9(2)7-10(3)13(17)8-11-5-4-6-12(16)14(11)15/h4-6,9-10,13,17H,7-8H2,1-3H3. The topological polar surface area (TPSA) is 20.2 Å². The highest BCUT2D eigenvalue weighted by atomic mass is 79.9. The van der Waals surface area contributed by atoms with Crippen molar-refractivity contribution >= 4 is 15.9 Å². The van der Waals surface area contributed by atoms with E-state index in [0.29, 0.717) is 16.8 Å². The molecule has 1 aromatic rings. The SMILES string of the molecule is CC(C)CC(C)C(O)Cc1cccc(F)c1Br. The summed E-state index contributed by atoms with van der Waals surface area (Å²) in [4.78, 5) is 0. The molecule has 1 rings (SSSR count). The molecule has 1 nitrogen and oxygen atoms in total. The number of aliphatic hydroxyl groups excluding tert-OH is 1. The predicted molar refractivity (Wildman–Crippen MR) is 72.4 cm³/mol. The van der Waals surface area contributed by atoms with Crippen LogP contribution in [-0.4, -0.2) is 11.2 Å². The molecule has 2 unspecified atom stereocenters. The smallest absolute Gasteiger partial charge is 0.137 e. The highest BCUT2D eigenvalue weighted by molar-refractivity contribution is 9.10. The van der Waals surface area contributed by atoms with Gasteiger partial charge in [0.05, 0.1) is 10.6 Å². The summed E-state index contributed by atoms with van der Waals surface area (Å²) in [5, 5.41) is 10.1. The molecular formula is C14H20BrFO. The first kappa shape index (κ1) is 14.7. The van der Waals surface area contributed by atoms with Gasteiger partial charge in [-0.15, -0.1) is 0 Å². The van der Waals surface area contributed by atoms with E-state index in [9.17, 15) is 9.50 Å². The van der Waals surface area contributed by atoms with Crippen LogP contribution in [0.3, 0.4) is 0 Å². The van der Waals surface area contributed by atoms with Gasteiger partial charge in [-0.05, 0) is 52.2 Å². The minimum Gasteiger partial charge on any atom is -0.393 e. The lowest BCUT2D eigenvalue weighted by molar-refractivity contribution is 0.105. The van der Waals surface area contributed by atoms with Gasteiger partial charge in [0.2, 0.25) is 0 Å². The highest BCUT2D eigenvalue weighted by Gasteiger charge is 2.17. The molecule has 0 spiro atoms. The van der Waals surface area contributed by atoms with Crippen molar-refractivity contribution in [2.24, 2.45) is 11.8 Å². The van der Waals surface area contributed by atoms with Gasteiger partial charge in [0.25, 0.3) is 0 Å². The molecule has 0 aromatic heterocycles. The average Bonchev–Trinajstić information content (AvgIpc) is 2.23. The maximum absolute atomic E-state index is 13.3. The third-order valence-corrected chi connectivity index (χ3v) is 3.85. The van der Waals surface area contributed by atoms with Gasteiger partial charge in [-0.25, -0.2) is 4.39 Å². The molecule has 1 aromatic carbocycles. The summed E-state index contributed by atoms with van der Waals surface area (Å²) in [7, 11) is 0. The van der Waals surface area contributed by atoms with E-state index in [1.165, 1.54) is 6.07 Å². The van der Waals surface area contributed by atoms with Crippen LogP contribution in [0.5, 0.6) is 0 Å². The summed E-state index contributed by atoms with van der Waals surface area (Å²) in [6.45, 7) is 6.32. The molecule has 2 atom stereocenters. The number of benzene rings is 1. The molecule has 3 heteroatoms. The van der Waals surface area contributed by atoms with Gasteiger partial charge in [0.1, 0.15) is 5.82 Å². The van der Waals surface area contributed by atoms with Crippen molar-refractivity contribution in [3.63, 3.8) is 0 Å². The van der Waals surface area contributed by atoms with Crippen molar-refractivity contribution < 1.29 is 9.50 Å². The minimum absolute atomic E-state index is 0.227. The molecule has 0 saturated carbocycles. The fraction of sp³-hybridized carbons (Fsp3) is 0.571. The predicted octanol–water partition coefficient (Wildman–Crippen LogP) is 4.17. The first-order valence-corrected chi connectivity index (χ1v) is 6.82. The molecule has 0 heterocycles. The van der Waals surface area contributed by atoms with Crippen LogP contribution >= 0.6 is 15.9 Å². The van der Waals surface area contributed by atoms with Crippen molar-refractivity contribution in [3.8, 4) is 0 Å². The lowest BCUT2D eigenvalue weighted by atomic mass is 9.90. The van der Waals surface area contributed by atoms with Gasteiger partial charge in [-0.1, -0.05) is 32.9 Å². The molecule has 0 aliphatic carbocycles. The lowest BCUT2D eigenvalue weighted by Gasteiger charge is -2.21. The minimum atomic E-state index is -0.421. The molecular weight excluding hydrogens is 283 g/mol. The maximum atomic E-state index is 13.3. The quantitative estimate of drug-likeness (QED) is 0.865. The van der Waals surface area contributed by atoms with Crippen molar-refractivity contribution in [1.82, 2.24) is 0 Å². The Kier molecular flexibility index (Phi) is 5.60. The van der Waals surface area contributed by atoms with E-state index in [1.54, 1.807) is 6.07 Å². The van der Waals surface area contributed by atoms with Crippen molar-refractivity contribution in [2.75, 3.05) is 0 Å². The summed E-state index contributed by atoms with van der Waals surface area (Å²) in [5.74, 6) is 0.520. The van der Waals surface area contributed by atoms with Gasteiger partial charge in [-0.3, -0.25) is 0 Å². The van der Waals surface area contributed by atoms with Crippen LogP contribution < -0.4 is 0 Å². The second-order valence-corrected chi connectivity index (χ2v) is 5.88. The Hall–Kier alpha value is -0.410. The van der Waals surface area contributed by atoms with Crippen LogP contribution in [0.4, 0.5) is 4.39 Å². The number of hydrogen-bond donors (Lipinski definition) is 1. The maximum Gasteiger partial charge on any atom is 0.137 e. The van der Waals surface area contributed by atoms with Crippen molar-refractivity contribution in [3.05, 3.63) is 34.1 Å². The van der Waals surface area contributed by atoms with Gasteiger partial charge < -0.3 is 5.11 Å². The molecule has 0 fully saturated rings. The van der Waals surface area contributed by atoms with Crippen LogP contribution in [0.25, 0.3) is 0 Å². The monoisotopic (exact) mass is 302 g/mol. The summed E-state index contributed by atoms with van der Waals surface area (Å²) in [5.41, 5.74) is 0.827. The fourth-order valence-electron chi connectivity index (χ4n) is 2.03. The van der Waals surface area contributed by atoms with E-state index < -0.39 is 6.10 Å². The van der Waals surface area contributed by atoms with Crippen molar-refractivity contribution in [1.29, 1.82) is 0 Å². The Labute approximate surface area is 111 Å². The van der Waals surface area contributed by atoms with Crippen LogP contribution in [0.15, 0.2) is 22.7 Å². The number of halogens is 2. The fourth-order valence-corrected chi connectivity index (χ4v) is 2.46. The highest BCUT2D eigenvalue weighted by Crippen LogP contribution is 2.24. The molecule has 0 saturated heterocycles. The second kappa shape index (κ2) is 6.50. The van der Waals surface area contributed by atoms with Crippen LogP contribution in [-0.2, 0) is 6.42 Å². The van der Waals surface area contributed by atoms with E-state index in [2.05, 4.69) is 29.8 Å². The van der Waals surface area contributed by atoms with Crippen LogP contribution in [0.2, 0.25) is 0 Å². The molecule has 0 radical (unpaired) electrons. The summed E-state index contributed by atoms with van der Waals surface area (Å²) < 4.78 is 13.8. The number of aliphatic hydroxyl groups is 1. The number of rotatable bonds is 5. The van der Waals surface area contributed by atoms with Crippen LogP contribution in [0, 0.1) is 17.7 Å². The van der Waals surface area contributed by atoms with E-state index >= 15 is 0 Å². The Balaban J connectivity index is 2.67. The van der Waals surface area contributed by atoms with E-state index in [0.717, 1.165) is 12.0 Å². The Morgan fingerprint density at radius 3 is 2.53 bits per heavy atom. The van der Waals surface area contributed by atoms with E-state index in [1.807, 2.05) is 13.0 Å².